The third-order valence-corrected chi connectivity index (χ3v) is 8.82. The van der Waals surface area contributed by atoms with Crippen molar-refractivity contribution in [3.63, 3.8) is 0 Å². The van der Waals surface area contributed by atoms with Gasteiger partial charge in [-0.2, -0.15) is 5.10 Å². The van der Waals surface area contributed by atoms with E-state index in [0.717, 1.165) is 47.4 Å². The molecule has 5 heterocycles. The largest absolute Gasteiger partial charge is 0.477 e. The average molecular weight is 556 g/mol. The maximum absolute atomic E-state index is 13.7. The van der Waals surface area contributed by atoms with Crippen molar-refractivity contribution in [1.82, 2.24) is 24.3 Å². The molecule has 41 heavy (non-hydrogen) atoms. The van der Waals surface area contributed by atoms with Gasteiger partial charge in [-0.25, -0.2) is 9.67 Å². The molecule has 2 fully saturated rings. The molecule has 7 rings (SSSR count). The standard InChI is InChI=1S/C31H37N7O3/c1-18-12-21-13-24(33-18)23-15-32-37(4)29(23)40-11-5-6-20(19-7-8-19)16-38-26-10-9-22(34-27-17-41-31(27,2)3)14-25(26)35-30(38)36-28(21)39/h9-10,12-15,19-20,27,34H,5-8,11,16-17H2,1-4H3,(H,35,36,39). The van der Waals surface area contributed by atoms with E-state index >= 15 is 0 Å². The molecule has 1 saturated carbocycles. The number of nitrogens with zero attached hydrogens (tertiary/aromatic N) is 5. The van der Waals surface area contributed by atoms with Gasteiger partial charge in [0.2, 0.25) is 11.8 Å². The van der Waals surface area contributed by atoms with Gasteiger partial charge in [0.1, 0.15) is 0 Å². The van der Waals surface area contributed by atoms with E-state index in [4.69, 9.17) is 19.4 Å². The Labute approximate surface area is 239 Å². The second-order valence-electron chi connectivity index (χ2n) is 12.3. The van der Waals surface area contributed by atoms with Crippen LogP contribution in [0.4, 0.5) is 11.6 Å². The van der Waals surface area contributed by atoms with E-state index in [-0.39, 0.29) is 17.6 Å². The monoisotopic (exact) mass is 555 g/mol. The quantitative estimate of drug-likeness (QED) is 0.359. The average Bonchev–Trinajstić information content (AvgIpc) is 3.65. The van der Waals surface area contributed by atoms with Crippen LogP contribution in [0.1, 0.15) is 55.6 Å². The van der Waals surface area contributed by atoms with Gasteiger partial charge in [-0.1, -0.05) is 0 Å². The van der Waals surface area contributed by atoms with Crippen molar-refractivity contribution in [3.05, 3.63) is 47.8 Å². The first-order valence-electron chi connectivity index (χ1n) is 14.6. The Kier molecular flexibility index (Phi) is 6.26. The summed E-state index contributed by atoms with van der Waals surface area (Å²) < 4.78 is 15.9. The van der Waals surface area contributed by atoms with E-state index in [1.54, 1.807) is 23.0 Å². The van der Waals surface area contributed by atoms with Crippen molar-refractivity contribution in [2.75, 3.05) is 23.8 Å². The molecule has 0 radical (unpaired) electrons. The van der Waals surface area contributed by atoms with E-state index in [1.165, 1.54) is 12.8 Å². The molecular weight excluding hydrogens is 518 g/mol. The summed E-state index contributed by atoms with van der Waals surface area (Å²) in [5.74, 6) is 2.18. The number of hydrogen-bond donors (Lipinski definition) is 2. The van der Waals surface area contributed by atoms with E-state index < -0.39 is 0 Å². The Hall–Kier alpha value is -3.92. The van der Waals surface area contributed by atoms with E-state index in [1.807, 2.05) is 14.0 Å². The number of hydrogen-bond acceptors (Lipinski definition) is 7. The van der Waals surface area contributed by atoms with E-state index in [9.17, 15) is 4.79 Å². The number of aryl methyl sites for hydroxylation is 2. The minimum atomic E-state index is -0.218. The molecule has 10 nitrogen and oxygen atoms in total. The first-order chi connectivity index (χ1) is 19.7. The number of imidazole rings is 1. The Balaban J connectivity index is 1.28. The number of nitrogens with one attached hydrogen (secondary N) is 2. The number of ether oxygens (including phenoxy) is 2. The predicted octanol–water partition coefficient (Wildman–Crippen LogP) is 5.18. The molecule has 2 unspecified atom stereocenters. The SMILES string of the molecule is Cc1cc2cc(n1)-c1cnn(C)c1OCCCC(C1CC1)Cn1c(nc3cc(NC4COC4(C)C)ccc31)NC2=O. The molecular formula is C31H37N7O3. The molecule has 4 aromatic rings. The van der Waals surface area contributed by atoms with Crippen LogP contribution in [0.25, 0.3) is 22.3 Å². The topological polar surface area (TPSA) is 108 Å². The number of carbonyl (C=O) groups is 1. The molecule has 214 valence electrons. The summed E-state index contributed by atoms with van der Waals surface area (Å²) in [6, 6.07) is 10.1. The number of anilines is 2. The summed E-state index contributed by atoms with van der Waals surface area (Å²) in [5.41, 5.74) is 5.38. The van der Waals surface area contributed by atoms with E-state index in [2.05, 4.69) is 52.3 Å². The van der Waals surface area contributed by atoms with Crippen LogP contribution in [-0.2, 0) is 18.3 Å². The minimum absolute atomic E-state index is 0.199. The fourth-order valence-corrected chi connectivity index (χ4v) is 6.09. The number of rotatable bonds is 3. The highest BCUT2D eigenvalue weighted by atomic mass is 16.5. The van der Waals surface area contributed by atoms with Crippen LogP contribution >= 0.6 is 0 Å². The second-order valence-corrected chi connectivity index (χ2v) is 12.3. The Morgan fingerprint density at radius 2 is 1.95 bits per heavy atom. The first-order valence-corrected chi connectivity index (χ1v) is 14.6. The highest BCUT2D eigenvalue weighted by Crippen LogP contribution is 2.41. The van der Waals surface area contributed by atoms with Crippen molar-refractivity contribution >= 4 is 28.6 Å². The number of fused-ring (bicyclic) bond motifs is 7. The molecule has 1 aliphatic carbocycles. The van der Waals surface area contributed by atoms with Crippen LogP contribution in [0.3, 0.4) is 0 Å². The van der Waals surface area contributed by atoms with Gasteiger partial charge >= 0.3 is 0 Å². The Bertz CT molecular complexity index is 1630. The van der Waals surface area contributed by atoms with Crippen LogP contribution < -0.4 is 15.4 Å². The molecule has 0 spiro atoms. The molecule has 2 aliphatic heterocycles. The summed E-state index contributed by atoms with van der Waals surface area (Å²) in [7, 11) is 1.87. The van der Waals surface area contributed by atoms with E-state index in [0.29, 0.717) is 48.1 Å². The molecule has 2 N–H and O–H groups in total. The molecule has 3 aromatic heterocycles. The number of pyridine rings is 1. The molecule has 2 bridgehead atoms. The maximum atomic E-state index is 13.7. The zero-order valence-corrected chi connectivity index (χ0v) is 24.1. The molecule has 1 saturated heterocycles. The first kappa shape index (κ1) is 26.0. The fraction of sp³-hybridized carbons (Fsp3) is 0.484. The van der Waals surface area contributed by atoms with Gasteiger partial charge in [0, 0.05) is 30.5 Å². The zero-order chi connectivity index (χ0) is 28.3. The van der Waals surface area contributed by atoms with Gasteiger partial charge in [0.25, 0.3) is 5.91 Å². The number of amides is 1. The molecule has 3 aliphatic rings. The van der Waals surface area contributed by atoms with Crippen molar-refractivity contribution in [2.24, 2.45) is 18.9 Å². The van der Waals surface area contributed by atoms with Gasteiger partial charge in [-0.05, 0) is 88.6 Å². The minimum Gasteiger partial charge on any atom is -0.477 e. The summed E-state index contributed by atoms with van der Waals surface area (Å²) in [5, 5.41) is 11.2. The van der Waals surface area contributed by atoms with Crippen LogP contribution in [0.15, 0.2) is 36.5 Å². The van der Waals surface area contributed by atoms with Crippen molar-refractivity contribution in [1.29, 1.82) is 0 Å². The highest BCUT2D eigenvalue weighted by molar-refractivity contribution is 6.05. The Morgan fingerprint density at radius 3 is 2.71 bits per heavy atom. The number of carbonyl (C=O) groups excluding carboxylic acids is 1. The van der Waals surface area contributed by atoms with Gasteiger partial charge in [-0.3, -0.25) is 15.1 Å². The summed E-state index contributed by atoms with van der Waals surface area (Å²) in [6.45, 7) is 8.16. The maximum Gasteiger partial charge on any atom is 0.258 e. The summed E-state index contributed by atoms with van der Waals surface area (Å²) in [4.78, 5) is 23.4. The second kappa shape index (κ2) is 9.87. The van der Waals surface area contributed by atoms with Crippen LogP contribution in [0, 0.1) is 18.8 Å². The normalized spacial score (nSPS) is 22.4. The smallest absolute Gasteiger partial charge is 0.258 e. The van der Waals surface area contributed by atoms with Gasteiger partial charge in [-0.15, -0.1) is 0 Å². The number of aromatic nitrogens is 5. The molecule has 1 amide bonds. The fourth-order valence-electron chi connectivity index (χ4n) is 6.09. The van der Waals surface area contributed by atoms with Gasteiger partial charge < -0.3 is 19.4 Å². The third-order valence-electron chi connectivity index (χ3n) is 8.82. The molecule has 10 heteroatoms. The molecule has 1 aromatic carbocycles. The zero-order valence-electron chi connectivity index (χ0n) is 24.1. The number of benzene rings is 1. The lowest BCUT2D eigenvalue weighted by Gasteiger charge is -2.45. The van der Waals surface area contributed by atoms with Crippen molar-refractivity contribution < 1.29 is 14.3 Å². The molecule has 2 atom stereocenters. The third kappa shape index (κ3) is 4.94. The van der Waals surface area contributed by atoms with Crippen molar-refractivity contribution in [2.45, 2.75) is 64.6 Å². The lowest BCUT2D eigenvalue weighted by molar-refractivity contribution is -0.133. The predicted molar refractivity (Wildman–Crippen MR) is 157 cm³/mol. The highest BCUT2D eigenvalue weighted by Gasteiger charge is 2.40. The van der Waals surface area contributed by atoms with Crippen LogP contribution in [0.2, 0.25) is 0 Å². The van der Waals surface area contributed by atoms with Crippen molar-refractivity contribution in [3.8, 4) is 17.1 Å². The summed E-state index contributed by atoms with van der Waals surface area (Å²) >= 11 is 0. The van der Waals surface area contributed by atoms with Crippen LogP contribution in [0.5, 0.6) is 5.88 Å². The van der Waals surface area contributed by atoms with Gasteiger partial charge in [0.15, 0.2) is 0 Å². The lowest BCUT2D eigenvalue weighted by atomic mass is 9.93. The van der Waals surface area contributed by atoms with Gasteiger partial charge in [0.05, 0.1) is 53.3 Å². The Morgan fingerprint density at radius 1 is 1.10 bits per heavy atom. The summed E-state index contributed by atoms with van der Waals surface area (Å²) in [6.07, 6.45) is 6.21. The van der Waals surface area contributed by atoms with Crippen LogP contribution in [-0.4, -0.2) is 55.1 Å². The lowest BCUT2D eigenvalue weighted by Crippen LogP contribution is -2.57.